The van der Waals surface area contributed by atoms with Crippen molar-refractivity contribution in [1.82, 2.24) is 10.5 Å². The zero-order valence-electron chi connectivity index (χ0n) is 13.0. The van der Waals surface area contributed by atoms with Gasteiger partial charge in [-0.05, 0) is 18.4 Å². The molecule has 0 spiro atoms. The van der Waals surface area contributed by atoms with Gasteiger partial charge in [0.1, 0.15) is 5.41 Å². The van der Waals surface area contributed by atoms with E-state index in [4.69, 9.17) is 4.52 Å². The molecule has 2 aromatic rings. The maximum atomic E-state index is 12.5. The van der Waals surface area contributed by atoms with Crippen LogP contribution in [-0.2, 0) is 16.6 Å². The van der Waals surface area contributed by atoms with E-state index in [9.17, 15) is 4.79 Å². The first kappa shape index (κ1) is 14.8. The largest absolute Gasteiger partial charge is 0.360 e. The van der Waals surface area contributed by atoms with E-state index >= 15 is 0 Å². The summed E-state index contributed by atoms with van der Waals surface area (Å²) in [5.74, 6) is 0.770. The van der Waals surface area contributed by atoms with Crippen LogP contribution in [0.5, 0.6) is 0 Å². The van der Waals surface area contributed by atoms with Gasteiger partial charge in [0.15, 0.2) is 5.76 Å². The van der Waals surface area contributed by atoms with E-state index < -0.39 is 5.41 Å². The van der Waals surface area contributed by atoms with Crippen LogP contribution in [0.15, 0.2) is 40.9 Å². The molecule has 1 N–H and O–H groups in total. The highest BCUT2D eigenvalue weighted by molar-refractivity contribution is 5.87. The minimum absolute atomic E-state index is 0.0506. The Morgan fingerprint density at radius 2 is 1.95 bits per heavy atom. The van der Waals surface area contributed by atoms with Crippen LogP contribution < -0.4 is 5.32 Å². The van der Waals surface area contributed by atoms with Crippen molar-refractivity contribution in [3.63, 3.8) is 0 Å². The Bertz CT molecular complexity index is 628. The van der Waals surface area contributed by atoms with E-state index in [1.807, 2.05) is 24.3 Å². The van der Waals surface area contributed by atoms with E-state index in [1.165, 1.54) is 12.0 Å². The minimum Gasteiger partial charge on any atom is -0.360 e. The van der Waals surface area contributed by atoms with Gasteiger partial charge in [0.05, 0.1) is 5.69 Å². The Labute approximate surface area is 130 Å². The van der Waals surface area contributed by atoms with Gasteiger partial charge in [0, 0.05) is 19.5 Å². The van der Waals surface area contributed by atoms with Crippen molar-refractivity contribution in [2.24, 2.45) is 0 Å². The number of benzene rings is 1. The molecule has 0 atom stereocenters. The monoisotopic (exact) mass is 298 g/mol. The predicted molar refractivity (Wildman–Crippen MR) is 84.6 cm³/mol. The van der Waals surface area contributed by atoms with Crippen molar-refractivity contribution in [3.8, 4) is 0 Å². The number of likely N-dealkylation sites (N-methyl/N-ethyl adjacent to an activating group) is 1. The van der Waals surface area contributed by atoms with Crippen LogP contribution in [0.2, 0.25) is 0 Å². The molecule has 1 aromatic carbocycles. The zero-order valence-corrected chi connectivity index (χ0v) is 13.0. The second-order valence-corrected chi connectivity index (χ2v) is 6.07. The average molecular weight is 298 g/mol. The summed E-state index contributed by atoms with van der Waals surface area (Å²) in [6.45, 7) is 0. The third-order valence-electron chi connectivity index (χ3n) is 4.63. The number of rotatable bonds is 4. The van der Waals surface area contributed by atoms with Gasteiger partial charge in [-0.25, -0.2) is 0 Å². The maximum absolute atomic E-state index is 12.5. The molecular weight excluding hydrogens is 276 g/mol. The quantitative estimate of drug-likeness (QED) is 0.943. The highest BCUT2D eigenvalue weighted by Gasteiger charge is 2.44. The van der Waals surface area contributed by atoms with Gasteiger partial charge in [-0.15, -0.1) is 0 Å². The van der Waals surface area contributed by atoms with Crippen LogP contribution in [0, 0.1) is 0 Å². The normalized spacial score (nSPS) is 17.1. The van der Waals surface area contributed by atoms with Gasteiger partial charge in [0.2, 0.25) is 5.91 Å². The molecule has 0 saturated heterocycles. The molecule has 0 unspecified atom stereocenters. The van der Waals surface area contributed by atoms with Crippen molar-refractivity contribution >= 4 is 5.91 Å². The molecule has 4 heteroatoms. The smallest absolute Gasteiger partial charge is 0.233 e. The Morgan fingerprint density at radius 1 is 1.23 bits per heavy atom. The minimum atomic E-state index is -0.533. The molecule has 3 rings (SSSR count). The van der Waals surface area contributed by atoms with Crippen molar-refractivity contribution in [1.29, 1.82) is 0 Å². The summed E-state index contributed by atoms with van der Waals surface area (Å²) >= 11 is 0. The first-order chi connectivity index (χ1) is 10.7. The molecule has 0 aliphatic heterocycles. The SMILES string of the molecule is CNC(=O)C1(c2cc(Cc3ccccc3)no2)CCCCC1. The third kappa shape index (κ3) is 2.78. The third-order valence-corrected chi connectivity index (χ3v) is 4.63. The molecule has 1 aliphatic carbocycles. The summed E-state index contributed by atoms with van der Waals surface area (Å²) in [6, 6.07) is 12.1. The van der Waals surface area contributed by atoms with Crippen molar-refractivity contribution in [2.75, 3.05) is 7.05 Å². The number of aromatic nitrogens is 1. The molecule has 1 amide bonds. The summed E-state index contributed by atoms with van der Waals surface area (Å²) in [4.78, 5) is 12.5. The number of nitrogens with zero attached hydrogens (tertiary/aromatic N) is 1. The molecule has 22 heavy (non-hydrogen) atoms. The molecule has 1 heterocycles. The molecule has 1 aromatic heterocycles. The Balaban J connectivity index is 1.85. The van der Waals surface area contributed by atoms with Crippen LogP contribution in [-0.4, -0.2) is 18.1 Å². The summed E-state index contributed by atoms with van der Waals surface area (Å²) in [5, 5.41) is 7.00. The number of carbonyl (C=O) groups excluding carboxylic acids is 1. The highest BCUT2D eigenvalue weighted by atomic mass is 16.5. The number of nitrogens with one attached hydrogen (secondary N) is 1. The second kappa shape index (κ2) is 6.34. The van der Waals surface area contributed by atoms with Crippen LogP contribution in [0.1, 0.15) is 49.1 Å². The van der Waals surface area contributed by atoms with Crippen LogP contribution in [0.4, 0.5) is 0 Å². The van der Waals surface area contributed by atoms with Crippen LogP contribution in [0.3, 0.4) is 0 Å². The molecule has 1 saturated carbocycles. The molecule has 0 radical (unpaired) electrons. The van der Waals surface area contributed by atoms with Gasteiger partial charge in [-0.3, -0.25) is 4.79 Å². The Kier molecular flexibility index (Phi) is 4.27. The second-order valence-electron chi connectivity index (χ2n) is 6.07. The van der Waals surface area contributed by atoms with E-state index in [0.29, 0.717) is 0 Å². The van der Waals surface area contributed by atoms with E-state index in [2.05, 4.69) is 22.6 Å². The predicted octanol–water partition coefficient (Wildman–Crippen LogP) is 3.21. The standard InChI is InChI=1S/C18H22N2O2/c1-19-17(21)18(10-6-3-7-11-18)16-13-15(20-22-16)12-14-8-4-2-5-9-14/h2,4-5,8-9,13H,3,6-7,10-12H2,1H3,(H,19,21). The molecule has 116 valence electrons. The number of carbonyl (C=O) groups is 1. The lowest BCUT2D eigenvalue weighted by atomic mass is 9.71. The van der Waals surface area contributed by atoms with Gasteiger partial charge in [-0.1, -0.05) is 54.8 Å². The molecule has 1 fully saturated rings. The molecular formula is C18H22N2O2. The fraction of sp³-hybridized carbons (Fsp3) is 0.444. The van der Waals surface area contributed by atoms with E-state index in [1.54, 1.807) is 7.05 Å². The summed E-state index contributed by atoms with van der Waals surface area (Å²) < 4.78 is 5.59. The number of hydrogen-bond acceptors (Lipinski definition) is 3. The number of amides is 1. The molecule has 4 nitrogen and oxygen atoms in total. The van der Waals surface area contributed by atoms with Crippen molar-refractivity contribution in [2.45, 2.75) is 43.9 Å². The summed E-state index contributed by atoms with van der Waals surface area (Å²) in [7, 11) is 1.69. The lowest BCUT2D eigenvalue weighted by molar-refractivity contribution is -0.128. The average Bonchev–Trinajstić information content (AvgIpc) is 3.04. The maximum Gasteiger partial charge on any atom is 0.233 e. The number of hydrogen-bond donors (Lipinski definition) is 1. The lowest BCUT2D eigenvalue weighted by Gasteiger charge is -2.32. The zero-order chi connectivity index (χ0) is 15.4. The molecule has 1 aliphatic rings. The van der Waals surface area contributed by atoms with Gasteiger partial charge < -0.3 is 9.84 Å². The summed E-state index contributed by atoms with van der Waals surface area (Å²) in [5.41, 5.74) is 1.55. The van der Waals surface area contributed by atoms with Crippen LogP contribution in [0.25, 0.3) is 0 Å². The molecule has 0 bridgehead atoms. The first-order valence-electron chi connectivity index (χ1n) is 7.97. The van der Waals surface area contributed by atoms with Gasteiger partial charge in [-0.2, -0.15) is 0 Å². The van der Waals surface area contributed by atoms with Gasteiger partial charge in [0.25, 0.3) is 0 Å². The Morgan fingerprint density at radius 3 is 2.64 bits per heavy atom. The fourth-order valence-corrected chi connectivity index (χ4v) is 3.41. The topological polar surface area (TPSA) is 55.1 Å². The van der Waals surface area contributed by atoms with E-state index in [0.717, 1.165) is 43.6 Å². The van der Waals surface area contributed by atoms with Crippen LogP contribution >= 0.6 is 0 Å². The first-order valence-corrected chi connectivity index (χ1v) is 7.97. The van der Waals surface area contributed by atoms with Crippen molar-refractivity contribution in [3.05, 3.63) is 53.4 Å². The van der Waals surface area contributed by atoms with E-state index in [-0.39, 0.29) is 5.91 Å². The highest BCUT2D eigenvalue weighted by Crippen LogP contribution is 2.40. The lowest BCUT2D eigenvalue weighted by Crippen LogP contribution is -2.44. The Hall–Kier alpha value is -2.10. The fourth-order valence-electron chi connectivity index (χ4n) is 3.41. The summed E-state index contributed by atoms with van der Waals surface area (Å²) in [6.07, 6.45) is 5.71. The van der Waals surface area contributed by atoms with Crippen molar-refractivity contribution < 1.29 is 9.32 Å². The van der Waals surface area contributed by atoms with Gasteiger partial charge >= 0.3 is 0 Å².